The van der Waals surface area contributed by atoms with E-state index in [1.54, 1.807) is 11.1 Å². The monoisotopic (exact) mass is 210 g/mol. The molecular weight excluding hydrogens is 184 g/mol. The summed E-state index contributed by atoms with van der Waals surface area (Å²) < 4.78 is 5.94. The van der Waals surface area contributed by atoms with Gasteiger partial charge in [-0.05, 0) is 29.7 Å². The van der Waals surface area contributed by atoms with E-state index in [1.807, 2.05) is 0 Å². The van der Waals surface area contributed by atoms with Gasteiger partial charge in [0.2, 0.25) is 0 Å². The van der Waals surface area contributed by atoms with Gasteiger partial charge in [0, 0.05) is 0 Å². The summed E-state index contributed by atoms with van der Waals surface area (Å²) in [7, 11) is 0. The van der Waals surface area contributed by atoms with Crippen LogP contribution in [0.1, 0.15) is 48.0 Å². The fourth-order valence-corrected chi connectivity index (χ4v) is 2.27. The number of hydrogen-bond donors (Lipinski definition) is 0. The van der Waals surface area contributed by atoms with Gasteiger partial charge in [-0.15, -0.1) is 0 Å². The Balaban J connectivity index is 2.86. The van der Waals surface area contributed by atoms with Gasteiger partial charge in [-0.3, -0.25) is 0 Å². The largest absolute Gasteiger partial charge is 0.373 e. The third-order valence-electron chi connectivity index (χ3n) is 3.42. The Morgan fingerprint density at radius 2 is 1.47 bits per heavy atom. The minimum atomic E-state index is 0.435. The molecule has 1 nitrogen and oxygen atoms in total. The molecule has 0 saturated carbocycles. The fourth-order valence-electron chi connectivity index (χ4n) is 2.27. The van der Waals surface area contributed by atoms with Gasteiger partial charge in [-0.2, -0.15) is 0 Å². The van der Waals surface area contributed by atoms with Crippen molar-refractivity contribution in [3.63, 3.8) is 0 Å². The quantitative estimate of drug-likeness (QED) is 0.639. The van der Waals surface area contributed by atoms with Gasteiger partial charge in [0.15, 0.2) is 0 Å². The summed E-state index contributed by atoms with van der Waals surface area (Å²) in [5, 5.41) is 0. The Morgan fingerprint density at radius 1 is 0.933 bits per heavy atom. The molecule has 1 aliphatic rings. The molecule has 1 rings (SSSR count). The molecule has 0 spiro atoms. The smallest absolute Gasteiger partial charge is 0.0686 e. The summed E-state index contributed by atoms with van der Waals surface area (Å²) >= 11 is 0. The number of ether oxygens (including phenoxy) is 1. The van der Waals surface area contributed by atoms with Crippen LogP contribution >= 0.6 is 0 Å². The third kappa shape index (κ3) is 3.07. The number of hydrogen-bond acceptors (Lipinski definition) is 1. The van der Waals surface area contributed by atoms with Gasteiger partial charge in [-0.1, -0.05) is 47.1 Å². The molecule has 1 unspecified atom stereocenters. The minimum Gasteiger partial charge on any atom is -0.373 e. The van der Waals surface area contributed by atoms with E-state index in [9.17, 15) is 0 Å². The molecule has 0 aromatic rings. The molecule has 0 aromatic carbocycles. The van der Waals surface area contributed by atoms with Crippen molar-refractivity contribution >= 4 is 0 Å². The van der Waals surface area contributed by atoms with Crippen LogP contribution in [0.4, 0.5) is 0 Å². The van der Waals surface area contributed by atoms with E-state index in [-0.39, 0.29) is 0 Å². The van der Waals surface area contributed by atoms with Crippen LogP contribution in [0.15, 0.2) is 11.1 Å². The first-order valence-electron chi connectivity index (χ1n) is 6.26. The Hall–Kier alpha value is -0.300. The lowest BCUT2D eigenvalue weighted by molar-refractivity contribution is 0.0203. The molecule has 1 heteroatoms. The molecular formula is C14H26O. The second kappa shape index (κ2) is 5.16. The van der Waals surface area contributed by atoms with Crippen molar-refractivity contribution in [2.75, 3.05) is 6.61 Å². The summed E-state index contributed by atoms with van der Waals surface area (Å²) in [4.78, 5) is 0. The molecule has 1 aliphatic heterocycles. The van der Waals surface area contributed by atoms with Crippen LogP contribution < -0.4 is 0 Å². The lowest BCUT2D eigenvalue weighted by Gasteiger charge is -2.33. The molecule has 0 bridgehead atoms. The van der Waals surface area contributed by atoms with Gasteiger partial charge < -0.3 is 4.74 Å². The molecule has 88 valence electrons. The zero-order valence-electron chi connectivity index (χ0n) is 11.1. The maximum absolute atomic E-state index is 5.94. The molecule has 0 fully saturated rings. The van der Waals surface area contributed by atoms with Crippen molar-refractivity contribution in [3.05, 3.63) is 11.1 Å². The van der Waals surface area contributed by atoms with Crippen LogP contribution in [0, 0.1) is 17.8 Å². The van der Waals surface area contributed by atoms with E-state index >= 15 is 0 Å². The van der Waals surface area contributed by atoms with Gasteiger partial charge in [0.05, 0.1) is 12.7 Å². The molecule has 1 heterocycles. The van der Waals surface area contributed by atoms with Gasteiger partial charge >= 0.3 is 0 Å². The Labute approximate surface area is 94.9 Å². The predicted octanol–water partition coefficient (Wildman–Crippen LogP) is 4.04. The predicted molar refractivity (Wildman–Crippen MR) is 65.9 cm³/mol. The Kier molecular flexibility index (Phi) is 4.39. The van der Waals surface area contributed by atoms with Crippen molar-refractivity contribution in [1.82, 2.24) is 0 Å². The first kappa shape index (κ1) is 12.8. The summed E-state index contributed by atoms with van der Waals surface area (Å²) in [6.45, 7) is 14.5. The minimum absolute atomic E-state index is 0.435. The van der Waals surface area contributed by atoms with Crippen LogP contribution in [0.5, 0.6) is 0 Å². The molecule has 0 amide bonds. The zero-order valence-corrected chi connectivity index (χ0v) is 11.1. The average Bonchev–Trinajstić information content (AvgIpc) is 2.16. The number of rotatable bonds is 3. The highest BCUT2D eigenvalue weighted by Gasteiger charge is 2.26. The molecule has 0 aromatic heterocycles. The van der Waals surface area contributed by atoms with E-state index in [0.29, 0.717) is 23.9 Å². The average molecular weight is 210 g/mol. The van der Waals surface area contributed by atoms with Crippen molar-refractivity contribution in [1.29, 1.82) is 0 Å². The van der Waals surface area contributed by atoms with Crippen LogP contribution in [0.2, 0.25) is 0 Å². The summed E-state index contributed by atoms with van der Waals surface area (Å²) in [6, 6.07) is 0. The molecule has 0 saturated heterocycles. The topological polar surface area (TPSA) is 9.23 Å². The van der Waals surface area contributed by atoms with Crippen LogP contribution in [-0.2, 0) is 4.74 Å². The SMILES string of the molecule is CC(C)C1=C(C(C)C)CC(C(C)C)OC1. The highest BCUT2D eigenvalue weighted by molar-refractivity contribution is 5.21. The third-order valence-corrected chi connectivity index (χ3v) is 3.42. The van der Waals surface area contributed by atoms with E-state index < -0.39 is 0 Å². The molecule has 0 aliphatic carbocycles. The van der Waals surface area contributed by atoms with E-state index in [2.05, 4.69) is 41.5 Å². The fraction of sp³-hybridized carbons (Fsp3) is 0.857. The van der Waals surface area contributed by atoms with Gasteiger partial charge in [0.25, 0.3) is 0 Å². The lowest BCUT2D eigenvalue weighted by Crippen LogP contribution is -2.29. The summed E-state index contributed by atoms with van der Waals surface area (Å²) in [5.74, 6) is 1.94. The van der Waals surface area contributed by atoms with Crippen molar-refractivity contribution in [3.8, 4) is 0 Å². The normalized spacial score (nSPS) is 23.4. The van der Waals surface area contributed by atoms with Gasteiger partial charge in [0.1, 0.15) is 0 Å². The lowest BCUT2D eigenvalue weighted by atomic mass is 9.83. The Morgan fingerprint density at radius 3 is 1.87 bits per heavy atom. The Bertz CT molecular complexity index is 236. The first-order chi connectivity index (χ1) is 6.93. The van der Waals surface area contributed by atoms with Crippen LogP contribution in [-0.4, -0.2) is 12.7 Å². The molecule has 0 N–H and O–H groups in total. The maximum atomic E-state index is 5.94. The summed E-state index contributed by atoms with van der Waals surface area (Å²) in [6.07, 6.45) is 1.58. The summed E-state index contributed by atoms with van der Waals surface area (Å²) in [5.41, 5.74) is 3.19. The standard InChI is InChI=1S/C14H26O/c1-9(2)12-7-14(11(5)6)15-8-13(12)10(3)4/h9-11,14H,7-8H2,1-6H3. The first-order valence-corrected chi connectivity index (χ1v) is 6.26. The van der Waals surface area contributed by atoms with E-state index in [1.165, 1.54) is 0 Å². The van der Waals surface area contributed by atoms with E-state index in [0.717, 1.165) is 13.0 Å². The van der Waals surface area contributed by atoms with Crippen molar-refractivity contribution in [2.24, 2.45) is 17.8 Å². The van der Waals surface area contributed by atoms with Crippen LogP contribution in [0.3, 0.4) is 0 Å². The second-order valence-corrected chi connectivity index (χ2v) is 5.66. The molecule has 15 heavy (non-hydrogen) atoms. The van der Waals surface area contributed by atoms with E-state index in [4.69, 9.17) is 4.74 Å². The highest BCUT2D eigenvalue weighted by atomic mass is 16.5. The highest BCUT2D eigenvalue weighted by Crippen LogP contribution is 2.32. The molecule has 1 atom stereocenters. The van der Waals surface area contributed by atoms with Crippen LogP contribution in [0.25, 0.3) is 0 Å². The van der Waals surface area contributed by atoms with Crippen molar-refractivity contribution in [2.45, 2.75) is 54.1 Å². The zero-order chi connectivity index (χ0) is 11.6. The molecule has 0 radical (unpaired) electrons. The van der Waals surface area contributed by atoms with Crippen molar-refractivity contribution < 1.29 is 4.74 Å². The second-order valence-electron chi connectivity index (χ2n) is 5.66. The van der Waals surface area contributed by atoms with Gasteiger partial charge in [-0.25, -0.2) is 0 Å². The maximum Gasteiger partial charge on any atom is 0.0686 e.